The van der Waals surface area contributed by atoms with Crippen LogP contribution in [0, 0.1) is 0 Å². The van der Waals surface area contributed by atoms with Gasteiger partial charge in [0.2, 0.25) is 5.91 Å². The molecule has 0 aromatic carbocycles. The lowest BCUT2D eigenvalue weighted by molar-refractivity contribution is -0.122. The molecule has 0 radical (unpaired) electrons. The first kappa shape index (κ1) is 13.0. The van der Waals surface area contributed by atoms with Gasteiger partial charge >= 0.3 is 0 Å². The van der Waals surface area contributed by atoms with E-state index < -0.39 is 0 Å². The van der Waals surface area contributed by atoms with Crippen molar-refractivity contribution in [2.45, 2.75) is 18.9 Å². The van der Waals surface area contributed by atoms with Crippen LogP contribution in [-0.2, 0) is 4.79 Å². The molecule has 1 saturated heterocycles. The summed E-state index contributed by atoms with van der Waals surface area (Å²) < 4.78 is 0. The summed E-state index contributed by atoms with van der Waals surface area (Å²) in [5, 5.41) is 2.81. The molecule has 1 unspecified atom stereocenters. The lowest BCUT2D eigenvalue weighted by Crippen LogP contribution is -2.38. The fourth-order valence-corrected chi connectivity index (χ4v) is 2.43. The van der Waals surface area contributed by atoms with Crippen molar-refractivity contribution in [2.75, 3.05) is 26.2 Å². The maximum absolute atomic E-state index is 11.7. The summed E-state index contributed by atoms with van der Waals surface area (Å²) in [4.78, 5) is 18.0. The van der Waals surface area contributed by atoms with E-state index in [-0.39, 0.29) is 5.91 Å². The third-order valence-electron chi connectivity index (χ3n) is 3.27. The lowest BCUT2D eigenvalue weighted by Gasteiger charge is -2.24. The molecule has 3 N–H and O–H groups in total. The van der Waals surface area contributed by atoms with Crippen LogP contribution in [-0.4, -0.2) is 42.0 Å². The number of hydrogen-bond acceptors (Lipinski definition) is 4. The van der Waals surface area contributed by atoms with Gasteiger partial charge in [0.1, 0.15) is 0 Å². The summed E-state index contributed by atoms with van der Waals surface area (Å²) in [5.74, 6) is 0.0569. The molecule has 5 nitrogen and oxygen atoms in total. The van der Waals surface area contributed by atoms with Gasteiger partial charge in [0.25, 0.3) is 0 Å². The monoisotopic (exact) mass is 248 g/mol. The van der Waals surface area contributed by atoms with Crippen LogP contribution in [0.3, 0.4) is 0 Å². The Morgan fingerprint density at radius 1 is 1.50 bits per heavy atom. The molecule has 1 amide bonds. The summed E-state index contributed by atoms with van der Waals surface area (Å²) in [7, 11) is 0. The number of amides is 1. The maximum atomic E-state index is 11.7. The Morgan fingerprint density at radius 2 is 2.28 bits per heavy atom. The standard InChI is InChI=1S/C13H20N4O/c14-5-8-16-13(18)10-17-9-1-2-12(17)11-3-6-15-7-4-11/h3-4,6-7,12H,1-2,5,8-10,14H2,(H,16,18). The fraction of sp³-hybridized carbons (Fsp3) is 0.538. The molecule has 0 aliphatic carbocycles. The number of carbonyl (C=O) groups is 1. The molecule has 18 heavy (non-hydrogen) atoms. The molecule has 1 aromatic rings. The molecule has 1 aliphatic rings. The zero-order valence-electron chi connectivity index (χ0n) is 10.5. The predicted molar refractivity (Wildman–Crippen MR) is 69.8 cm³/mol. The number of nitrogens with one attached hydrogen (secondary N) is 1. The van der Waals surface area contributed by atoms with E-state index in [1.54, 1.807) is 12.4 Å². The fourth-order valence-electron chi connectivity index (χ4n) is 2.43. The van der Waals surface area contributed by atoms with Crippen LogP contribution in [0.15, 0.2) is 24.5 Å². The summed E-state index contributed by atoms with van der Waals surface area (Å²) in [6.07, 6.45) is 5.85. The quantitative estimate of drug-likeness (QED) is 0.786. The molecule has 1 atom stereocenters. The van der Waals surface area contributed by atoms with Gasteiger partial charge < -0.3 is 11.1 Å². The number of rotatable bonds is 5. The second kappa shape index (κ2) is 6.47. The molecular formula is C13H20N4O. The van der Waals surface area contributed by atoms with Crippen LogP contribution in [0.1, 0.15) is 24.4 Å². The van der Waals surface area contributed by atoms with Crippen LogP contribution in [0.5, 0.6) is 0 Å². The summed E-state index contributed by atoms with van der Waals surface area (Å²) >= 11 is 0. The largest absolute Gasteiger partial charge is 0.354 e. The Hall–Kier alpha value is -1.46. The minimum atomic E-state index is 0.0569. The number of carbonyl (C=O) groups excluding carboxylic acids is 1. The number of likely N-dealkylation sites (tertiary alicyclic amines) is 1. The number of pyridine rings is 1. The van der Waals surface area contributed by atoms with Gasteiger partial charge in [0.15, 0.2) is 0 Å². The second-order valence-electron chi connectivity index (χ2n) is 4.55. The first-order valence-corrected chi connectivity index (χ1v) is 6.42. The van der Waals surface area contributed by atoms with E-state index in [0.717, 1.165) is 19.4 Å². The molecule has 1 fully saturated rings. The summed E-state index contributed by atoms with van der Waals surface area (Å²) in [6, 6.07) is 4.40. The first-order chi connectivity index (χ1) is 8.81. The molecule has 0 spiro atoms. The van der Waals surface area contributed by atoms with Crippen molar-refractivity contribution in [1.29, 1.82) is 0 Å². The lowest BCUT2D eigenvalue weighted by atomic mass is 10.1. The van der Waals surface area contributed by atoms with E-state index in [1.807, 2.05) is 12.1 Å². The number of hydrogen-bond donors (Lipinski definition) is 2. The minimum absolute atomic E-state index is 0.0569. The highest BCUT2D eigenvalue weighted by atomic mass is 16.2. The van der Waals surface area contributed by atoms with Crippen molar-refractivity contribution in [3.8, 4) is 0 Å². The predicted octanol–water partition coefficient (Wildman–Crippen LogP) is 0.293. The van der Waals surface area contributed by atoms with Crippen molar-refractivity contribution in [2.24, 2.45) is 5.73 Å². The highest BCUT2D eigenvalue weighted by Crippen LogP contribution is 2.30. The zero-order valence-corrected chi connectivity index (χ0v) is 10.5. The second-order valence-corrected chi connectivity index (χ2v) is 4.55. The van der Waals surface area contributed by atoms with Gasteiger partial charge in [0, 0.05) is 31.5 Å². The Kier molecular flexibility index (Phi) is 4.66. The number of nitrogens with two attached hydrogens (primary N) is 1. The van der Waals surface area contributed by atoms with Gasteiger partial charge in [0.05, 0.1) is 6.54 Å². The zero-order chi connectivity index (χ0) is 12.8. The Morgan fingerprint density at radius 3 is 3.00 bits per heavy atom. The highest BCUT2D eigenvalue weighted by molar-refractivity contribution is 5.78. The molecule has 1 aliphatic heterocycles. The molecule has 2 rings (SSSR count). The summed E-state index contributed by atoms with van der Waals surface area (Å²) in [5.41, 5.74) is 6.61. The molecule has 2 heterocycles. The van der Waals surface area contributed by atoms with Crippen LogP contribution in [0.2, 0.25) is 0 Å². The van der Waals surface area contributed by atoms with Crippen LogP contribution >= 0.6 is 0 Å². The summed E-state index contributed by atoms with van der Waals surface area (Å²) in [6.45, 7) is 2.46. The maximum Gasteiger partial charge on any atom is 0.234 e. The molecule has 5 heteroatoms. The van der Waals surface area contributed by atoms with Crippen molar-refractivity contribution in [3.05, 3.63) is 30.1 Å². The van der Waals surface area contributed by atoms with Gasteiger partial charge in [-0.2, -0.15) is 0 Å². The van der Waals surface area contributed by atoms with E-state index in [2.05, 4.69) is 15.2 Å². The van der Waals surface area contributed by atoms with Crippen molar-refractivity contribution in [1.82, 2.24) is 15.2 Å². The van der Waals surface area contributed by atoms with E-state index in [0.29, 0.717) is 25.7 Å². The van der Waals surface area contributed by atoms with Gasteiger partial charge in [-0.1, -0.05) is 0 Å². The third-order valence-corrected chi connectivity index (χ3v) is 3.27. The first-order valence-electron chi connectivity index (χ1n) is 6.42. The highest BCUT2D eigenvalue weighted by Gasteiger charge is 2.27. The van der Waals surface area contributed by atoms with Crippen LogP contribution in [0.25, 0.3) is 0 Å². The Bertz CT molecular complexity index is 382. The number of aromatic nitrogens is 1. The average Bonchev–Trinajstić information content (AvgIpc) is 2.85. The molecule has 0 bridgehead atoms. The van der Waals surface area contributed by atoms with Gasteiger partial charge in [-0.15, -0.1) is 0 Å². The molecule has 98 valence electrons. The Balaban J connectivity index is 1.94. The normalized spacial score (nSPS) is 19.9. The third kappa shape index (κ3) is 3.27. The van der Waals surface area contributed by atoms with E-state index in [1.165, 1.54) is 5.56 Å². The van der Waals surface area contributed by atoms with Gasteiger partial charge in [-0.05, 0) is 37.1 Å². The Labute approximate surface area is 107 Å². The van der Waals surface area contributed by atoms with Crippen molar-refractivity contribution in [3.63, 3.8) is 0 Å². The van der Waals surface area contributed by atoms with Crippen molar-refractivity contribution < 1.29 is 4.79 Å². The smallest absolute Gasteiger partial charge is 0.234 e. The molecular weight excluding hydrogens is 228 g/mol. The molecule has 0 saturated carbocycles. The average molecular weight is 248 g/mol. The van der Waals surface area contributed by atoms with Crippen molar-refractivity contribution >= 4 is 5.91 Å². The minimum Gasteiger partial charge on any atom is -0.354 e. The number of nitrogens with zero attached hydrogens (tertiary/aromatic N) is 2. The van der Waals surface area contributed by atoms with E-state index in [9.17, 15) is 4.79 Å². The van der Waals surface area contributed by atoms with Gasteiger partial charge in [-0.25, -0.2) is 0 Å². The topological polar surface area (TPSA) is 71.2 Å². The molecule has 1 aromatic heterocycles. The van der Waals surface area contributed by atoms with E-state index >= 15 is 0 Å². The SMILES string of the molecule is NCCNC(=O)CN1CCCC1c1ccncc1. The van der Waals surface area contributed by atoms with E-state index in [4.69, 9.17) is 5.73 Å². The van der Waals surface area contributed by atoms with Crippen LogP contribution < -0.4 is 11.1 Å². The van der Waals surface area contributed by atoms with Crippen LogP contribution in [0.4, 0.5) is 0 Å². The van der Waals surface area contributed by atoms with Gasteiger partial charge in [-0.3, -0.25) is 14.7 Å².